The molecule has 0 heterocycles. The van der Waals surface area contributed by atoms with Gasteiger partial charge in [0.25, 0.3) is 0 Å². The van der Waals surface area contributed by atoms with Crippen molar-refractivity contribution >= 4 is 5.91 Å². The van der Waals surface area contributed by atoms with Crippen molar-refractivity contribution in [2.75, 3.05) is 19.7 Å². The minimum atomic E-state index is 0.0299. The molecule has 0 atom stereocenters. The molecule has 1 aromatic rings. The van der Waals surface area contributed by atoms with Crippen molar-refractivity contribution in [2.24, 2.45) is 0 Å². The molecule has 0 saturated heterocycles. The zero-order valence-corrected chi connectivity index (χ0v) is 11.5. The molecule has 5 nitrogen and oxygen atoms in total. The number of amides is 1. The molecule has 1 rings (SSSR count). The number of ether oxygens (including phenoxy) is 1. The predicted molar refractivity (Wildman–Crippen MR) is 74.3 cm³/mol. The van der Waals surface area contributed by atoms with Crippen molar-refractivity contribution < 1.29 is 14.6 Å². The van der Waals surface area contributed by atoms with Crippen molar-refractivity contribution in [3.05, 3.63) is 23.8 Å². The molecule has 3 N–H and O–H groups in total. The van der Waals surface area contributed by atoms with E-state index >= 15 is 0 Å². The highest BCUT2D eigenvalue weighted by Gasteiger charge is 2.07. The van der Waals surface area contributed by atoms with Crippen LogP contribution in [0.5, 0.6) is 11.5 Å². The maximum absolute atomic E-state index is 11.2. The van der Waals surface area contributed by atoms with Gasteiger partial charge in [0, 0.05) is 31.6 Å². The molecule has 0 spiro atoms. The van der Waals surface area contributed by atoms with Crippen LogP contribution >= 0.6 is 0 Å². The van der Waals surface area contributed by atoms with E-state index in [1.165, 1.54) is 0 Å². The zero-order chi connectivity index (χ0) is 14.1. The van der Waals surface area contributed by atoms with Gasteiger partial charge in [0.1, 0.15) is 0 Å². The Hall–Kier alpha value is -1.75. The van der Waals surface area contributed by atoms with Crippen molar-refractivity contribution in [1.29, 1.82) is 0 Å². The van der Waals surface area contributed by atoms with E-state index < -0.39 is 0 Å². The molecule has 0 bridgehead atoms. The van der Waals surface area contributed by atoms with Gasteiger partial charge in [-0.05, 0) is 19.9 Å². The Balaban J connectivity index is 2.41. The van der Waals surface area contributed by atoms with E-state index in [1.807, 2.05) is 26.0 Å². The van der Waals surface area contributed by atoms with E-state index in [-0.39, 0.29) is 11.7 Å². The predicted octanol–water partition coefficient (Wildman–Crippen LogP) is 1.41. The SMILES string of the molecule is CCNC(=O)CCNCc1cccc(OCC)c1O. The largest absolute Gasteiger partial charge is 0.504 e. The monoisotopic (exact) mass is 266 g/mol. The van der Waals surface area contributed by atoms with Crippen LogP contribution in [0.2, 0.25) is 0 Å². The first-order chi connectivity index (χ1) is 9.19. The second-order valence-electron chi connectivity index (χ2n) is 4.08. The third-order valence-corrected chi connectivity index (χ3v) is 2.60. The van der Waals surface area contributed by atoms with Gasteiger partial charge in [-0.2, -0.15) is 0 Å². The Morgan fingerprint density at radius 2 is 2.16 bits per heavy atom. The van der Waals surface area contributed by atoms with Crippen LogP contribution in [0.25, 0.3) is 0 Å². The van der Waals surface area contributed by atoms with Crippen LogP contribution in [0.4, 0.5) is 0 Å². The van der Waals surface area contributed by atoms with Crippen LogP contribution < -0.4 is 15.4 Å². The number of nitrogens with one attached hydrogen (secondary N) is 2. The van der Waals surface area contributed by atoms with Crippen LogP contribution in [0, 0.1) is 0 Å². The van der Waals surface area contributed by atoms with E-state index in [0.717, 1.165) is 5.56 Å². The number of carbonyl (C=O) groups is 1. The summed E-state index contributed by atoms with van der Waals surface area (Å²) in [6.07, 6.45) is 0.430. The standard InChI is InChI=1S/C14H22N2O3/c1-3-16-13(17)8-9-15-10-11-6-5-7-12(14(11)18)19-4-2/h5-7,15,18H,3-4,8-10H2,1-2H3,(H,16,17). The number of hydrogen-bond donors (Lipinski definition) is 3. The summed E-state index contributed by atoms with van der Waals surface area (Å²) in [5, 5.41) is 15.8. The number of phenolic OH excluding ortho intramolecular Hbond substituents is 1. The second kappa shape index (κ2) is 8.37. The van der Waals surface area contributed by atoms with Gasteiger partial charge in [0.2, 0.25) is 5.91 Å². The van der Waals surface area contributed by atoms with Crippen LogP contribution in [0.15, 0.2) is 18.2 Å². The highest BCUT2D eigenvalue weighted by molar-refractivity contribution is 5.75. The normalized spacial score (nSPS) is 10.2. The third kappa shape index (κ3) is 5.18. The van der Waals surface area contributed by atoms with Gasteiger partial charge in [0.05, 0.1) is 6.61 Å². The molecule has 0 fully saturated rings. The molecule has 0 aromatic heterocycles. The molecule has 0 saturated carbocycles. The Bertz CT molecular complexity index is 408. The molecule has 0 aliphatic rings. The molecule has 106 valence electrons. The first kappa shape index (κ1) is 15.3. The fourth-order valence-corrected chi connectivity index (χ4v) is 1.69. The first-order valence-electron chi connectivity index (χ1n) is 6.60. The van der Waals surface area contributed by atoms with Crippen LogP contribution in [-0.4, -0.2) is 30.7 Å². The Kier molecular flexibility index (Phi) is 6.74. The Morgan fingerprint density at radius 1 is 1.37 bits per heavy atom. The quantitative estimate of drug-likeness (QED) is 0.622. The summed E-state index contributed by atoms with van der Waals surface area (Å²) in [7, 11) is 0. The average Bonchev–Trinajstić information content (AvgIpc) is 2.39. The molecule has 19 heavy (non-hydrogen) atoms. The van der Waals surface area contributed by atoms with Crippen LogP contribution in [-0.2, 0) is 11.3 Å². The number of para-hydroxylation sites is 1. The molecule has 0 radical (unpaired) electrons. The van der Waals surface area contributed by atoms with Gasteiger partial charge < -0.3 is 20.5 Å². The summed E-state index contributed by atoms with van der Waals surface area (Å²) in [6, 6.07) is 5.40. The summed E-state index contributed by atoms with van der Waals surface area (Å²) in [5.41, 5.74) is 0.766. The van der Waals surface area contributed by atoms with Gasteiger partial charge in [-0.25, -0.2) is 0 Å². The van der Waals surface area contributed by atoms with Crippen molar-refractivity contribution in [1.82, 2.24) is 10.6 Å². The summed E-state index contributed by atoms with van der Waals surface area (Å²) in [4.78, 5) is 11.2. The molecule has 0 unspecified atom stereocenters. The minimum absolute atomic E-state index is 0.0299. The van der Waals surface area contributed by atoms with Gasteiger partial charge in [-0.1, -0.05) is 12.1 Å². The van der Waals surface area contributed by atoms with E-state index in [1.54, 1.807) is 6.07 Å². The van der Waals surface area contributed by atoms with Crippen molar-refractivity contribution in [3.8, 4) is 11.5 Å². The van der Waals surface area contributed by atoms with Crippen molar-refractivity contribution in [2.45, 2.75) is 26.8 Å². The van der Waals surface area contributed by atoms with Crippen LogP contribution in [0.3, 0.4) is 0 Å². The lowest BCUT2D eigenvalue weighted by atomic mass is 10.2. The zero-order valence-electron chi connectivity index (χ0n) is 11.5. The number of phenols is 1. The maximum Gasteiger partial charge on any atom is 0.221 e. The molecule has 1 amide bonds. The van der Waals surface area contributed by atoms with Gasteiger partial charge >= 0.3 is 0 Å². The topological polar surface area (TPSA) is 70.6 Å². The van der Waals surface area contributed by atoms with Gasteiger partial charge in [-0.3, -0.25) is 4.79 Å². The Labute approximate surface area is 114 Å². The lowest BCUT2D eigenvalue weighted by Crippen LogP contribution is -2.27. The minimum Gasteiger partial charge on any atom is -0.504 e. The fourth-order valence-electron chi connectivity index (χ4n) is 1.69. The van der Waals surface area contributed by atoms with Crippen molar-refractivity contribution in [3.63, 3.8) is 0 Å². The third-order valence-electron chi connectivity index (χ3n) is 2.60. The molecule has 0 aliphatic carbocycles. The Morgan fingerprint density at radius 3 is 2.84 bits per heavy atom. The lowest BCUT2D eigenvalue weighted by molar-refractivity contribution is -0.120. The number of carbonyl (C=O) groups excluding carboxylic acids is 1. The summed E-state index contributed by atoms with van der Waals surface area (Å²) >= 11 is 0. The molecule has 1 aromatic carbocycles. The van der Waals surface area contributed by atoms with Gasteiger partial charge in [0.15, 0.2) is 11.5 Å². The summed E-state index contributed by atoms with van der Waals surface area (Å²) < 4.78 is 5.31. The van der Waals surface area contributed by atoms with E-state index in [0.29, 0.717) is 38.4 Å². The summed E-state index contributed by atoms with van der Waals surface area (Å²) in [6.45, 7) is 6.01. The average molecular weight is 266 g/mol. The summed E-state index contributed by atoms with van der Waals surface area (Å²) in [5.74, 6) is 0.683. The lowest BCUT2D eigenvalue weighted by Gasteiger charge is -2.10. The number of hydrogen-bond acceptors (Lipinski definition) is 4. The first-order valence-corrected chi connectivity index (χ1v) is 6.60. The smallest absolute Gasteiger partial charge is 0.221 e. The number of aromatic hydroxyl groups is 1. The maximum atomic E-state index is 11.2. The highest BCUT2D eigenvalue weighted by atomic mass is 16.5. The fraction of sp³-hybridized carbons (Fsp3) is 0.500. The van der Waals surface area contributed by atoms with Crippen LogP contribution in [0.1, 0.15) is 25.8 Å². The molecule has 5 heteroatoms. The van der Waals surface area contributed by atoms with Gasteiger partial charge in [-0.15, -0.1) is 0 Å². The molecule has 0 aliphatic heterocycles. The highest BCUT2D eigenvalue weighted by Crippen LogP contribution is 2.29. The van der Waals surface area contributed by atoms with E-state index in [2.05, 4.69) is 10.6 Å². The van der Waals surface area contributed by atoms with E-state index in [9.17, 15) is 9.90 Å². The molecular weight excluding hydrogens is 244 g/mol. The second-order valence-corrected chi connectivity index (χ2v) is 4.08. The number of benzene rings is 1. The molecular formula is C14H22N2O3. The number of rotatable bonds is 8. The van der Waals surface area contributed by atoms with E-state index in [4.69, 9.17) is 4.74 Å².